The van der Waals surface area contributed by atoms with Crippen molar-refractivity contribution in [1.82, 2.24) is 0 Å². The van der Waals surface area contributed by atoms with Gasteiger partial charge in [0.25, 0.3) is 0 Å². The number of hydrogen-bond donors (Lipinski definition) is 0. The lowest BCUT2D eigenvalue weighted by Gasteiger charge is -2.00. The standard InChI is InChI=1S/C7H12O4.C4H8/c1-6(8)5-7(9)11-4-3-10-2;1-4(2)3/h3-5H2,1-2H3;1H2,2-3H3. The van der Waals surface area contributed by atoms with Crippen LogP contribution in [0.3, 0.4) is 0 Å². The first-order valence-corrected chi connectivity index (χ1v) is 4.66. The Labute approximate surface area is 91.3 Å². The number of methoxy groups -OCH3 is 1. The van der Waals surface area contributed by atoms with Gasteiger partial charge < -0.3 is 9.47 Å². The lowest BCUT2D eigenvalue weighted by molar-refractivity contribution is -0.146. The molecular weight excluding hydrogens is 196 g/mol. The van der Waals surface area contributed by atoms with Crippen LogP contribution < -0.4 is 0 Å². The van der Waals surface area contributed by atoms with E-state index in [0.29, 0.717) is 6.61 Å². The van der Waals surface area contributed by atoms with Gasteiger partial charge in [-0.2, -0.15) is 0 Å². The lowest BCUT2D eigenvalue weighted by Crippen LogP contribution is -2.12. The number of carbonyl (C=O) groups is 2. The Kier molecular flexibility index (Phi) is 11.8. The van der Waals surface area contributed by atoms with Gasteiger partial charge in [-0.15, -0.1) is 6.58 Å². The van der Waals surface area contributed by atoms with Crippen molar-refractivity contribution >= 4 is 11.8 Å². The van der Waals surface area contributed by atoms with Gasteiger partial charge in [-0.05, 0) is 20.8 Å². The second-order valence-corrected chi connectivity index (χ2v) is 3.30. The van der Waals surface area contributed by atoms with Gasteiger partial charge in [-0.3, -0.25) is 9.59 Å². The fraction of sp³-hybridized carbons (Fsp3) is 0.636. The summed E-state index contributed by atoms with van der Waals surface area (Å²) in [6.45, 7) is 9.42. The fourth-order valence-electron chi connectivity index (χ4n) is 0.493. The van der Waals surface area contributed by atoms with E-state index in [4.69, 9.17) is 0 Å². The number of rotatable bonds is 5. The van der Waals surface area contributed by atoms with Crippen LogP contribution in [-0.4, -0.2) is 32.1 Å². The van der Waals surface area contributed by atoms with Crippen molar-refractivity contribution < 1.29 is 19.1 Å². The quantitative estimate of drug-likeness (QED) is 0.304. The molecule has 15 heavy (non-hydrogen) atoms. The van der Waals surface area contributed by atoms with E-state index in [1.54, 1.807) is 0 Å². The van der Waals surface area contributed by atoms with Crippen molar-refractivity contribution in [2.24, 2.45) is 0 Å². The molecule has 0 atom stereocenters. The minimum atomic E-state index is -0.491. The van der Waals surface area contributed by atoms with E-state index in [-0.39, 0.29) is 18.8 Å². The average molecular weight is 216 g/mol. The Morgan fingerprint density at radius 3 is 1.93 bits per heavy atom. The van der Waals surface area contributed by atoms with E-state index in [9.17, 15) is 9.59 Å². The van der Waals surface area contributed by atoms with Crippen molar-refractivity contribution in [2.45, 2.75) is 27.2 Å². The summed E-state index contributed by atoms with van der Waals surface area (Å²) < 4.78 is 9.24. The van der Waals surface area contributed by atoms with Gasteiger partial charge in [-0.25, -0.2) is 0 Å². The summed E-state index contributed by atoms with van der Waals surface area (Å²) in [5.41, 5.74) is 1.17. The zero-order valence-electron chi connectivity index (χ0n) is 9.96. The molecule has 0 unspecified atom stereocenters. The Hall–Kier alpha value is -1.16. The maximum atomic E-state index is 10.6. The van der Waals surface area contributed by atoms with E-state index >= 15 is 0 Å². The lowest BCUT2D eigenvalue weighted by atomic mass is 10.3. The number of Topliss-reactive ketones (excluding diaryl/α,β-unsaturated/α-hetero) is 1. The Morgan fingerprint density at radius 2 is 1.60 bits per heavy atom. The molecule has 0 aromatic heterocycles. The van der Waals surface area contributed by atoms with Gasteiger partial charge in [0, 0.05) is 7.11 Å². The maximum absolute atomic E-state index is 10.6. The minimum Gasteiger partial charge on any atom is -0.463 e. The maximum Gasteiger partial charge on any atom is 0.313 e. The van der Waals surface area contributed by atoms with Crippen molar-refractivity contribution in [3.63, 3.8) is 0 Å². The molecule has 0 aromatic rings. The van der Waals surface area contributed by atoms with E-state index in [1.165, 1.54) is 19.6 Å². The Morgan fingerprint density at radius 1 is 1.13 bits per heavy atom. The fourth-order valence-corrected chi connectivity index (χ4v) is 0.493. The van der Waals surface area contributed by atoms with E-state index < -0.39 is 5.97 Å². The van der Waals surface area contributed by atoms with E-state index in [1.807, 2.05) is 13.8 Å². The third kappa shape index (κ3) is 24.5. The van der Waals surface area contributed by atoms with Crippen LogP contribution in [0.1, 0.15) is 27.2 Å². The highest BCUT2D eigenvalue weighted by atomic mass is 16.6. The molecule has 4 nitrogen and oxygen atoms in total. The molecule has 0 aromatic carbocycles. The molecule has 0 aliphatic heterocycles. The van der Waals surface area contributed by atoms with Crippen molar-refractivity contribution in [1.29, 1.82) is 0 Å². The van der Waals surface area contributed by atoms with Crippen molar-refractivity contribution in [3.8, 4) is 0 Å². The number of hydrogen-bond acceptors (Lipinski definition) is 4. The van der Waals surface area contributed by atoms with Crippen LogP contribution in [0.5, 0.6) is 0 Å². The summed E-state index contributed by atoms with van der Waals surface area (Å²) in [6.07, 6.45) is -0.149. The van der Waals surface area contributed by atoms with Crippen LogP contribution in [-0.2, 0) is 19.1 Å². The first-order chi connectivity index (χ1) is 6.90. The number of allylic oxidation sites excluding steroid dienone is 1. The molecule has 0 amide bonds. The van der Waals surface area contributed by atoms with E-state index in [2.05, 4.69) is 16.1 Å². The molecule has 0 N–H and O–H groups in total. The highest BCUT2D eigenvalue weighted by Crippen LogP contribution is 1.87. The van der Waals surface area contributed by atoms with Gasteiger partial charge in [0.1, 0.15) is 18.8 Å². The Bertz CT molecular complexity index is 205. The molecule has 0 aliphatic rings. The zero-order chi connectivity index (χ0) is 12.3. The molecule has 0 bridgehead atoms. The predicted octanol–water partition coefficient (Wildman–Crippen LogP) is 1.74. The van der Waals surface area contributed by atoms with Gasteiger partial charge in [-0.1, -0.05) is 5.57 Å². The van der Waals surface area contributed by atoms with Crippen LogP contribution >= 0.6 is 0 Å². The van der Waals surface area contributed by atoms with E-state index in [0.717, 1.165) is 0 Å². The van der Waals surface area contributed by atoms with Crippen LogP contribution in [0, 0.1) is 0 Å². The van der Waals surface area contributed by atoms with Crippen LogP contribution in [0.25, 0.3) is 0 Å². The summed E-state index contributed by atoms with van der Waals surface area (Å²) >= 11 is 0. The minimum absolute atomic E-state index is 0.149. The molecule has 0 radical (unpaired) electrons. The molecule has 0 saturated heterocycles. The second-order valence-electron chi connectivity index (χ2n) is 3.30. The smallest absolute Gasteiger partial charge is 0.313 e. The first kappa shape index (κ1) is 16.3. The summed E-state index contributed by atoms with van der Waals surface area (Å²) in [4.78, 5) is 21.0. The third-order valence-corrected chi connectivity index (χ3v) is 0.944. The van der Waals surface area contributed by atoms with Crippen molar-refractivity contribution in [2.75, 3.05) is 20.3 Å². The molecule has 0 saturated carbocycles. The van der Waals surface area contributed by atoms with Gasteiger partial charge in [0.2, 0.25) is 0 Å². The van der Waals surface area contributed by atoms with Crippen LogP contribution in [0.2, 0.25) is 0 Å². The number of esters is 1. The number of carbonyl (C=O) groups excluding carboxylic acids is 2. The first-order valence-electron chi connectivity index (χ1n) is 4.66. The third-order valence-electron chi connectivity index (χ3n) is 0.944. The monoisotopic (exact) mass is 216 g/mol. The van der Waals surface area contributed by atoms with Gasteiger partial charge >= 0.3 is 5.97 Å². The highest BCUT2D eigenvalue weighted by Gasteiger charge is 2.04. The predicted molar refractivity (Wildman–Crippen MR) is 58.6 cm³/mol. The molecule has 0 spiro atoms. The van der Waals surface area contributed by atoms with Gasteiger partial charge in [0.05, 0.1) is 6.61 Å². The van der Waals surface area contributed by atoms with Crippen LogP contribution in [0.4, 0.5) is 0 Å². The normalized spacial score (nSPS) is 8.53. The second kappa shape index (κ2) is 10.9. The summed E-state index contributed by atoms with van der Waals surface area (Å²) in [5, 5.41) is 0. The number of ketones is 1. The Balaban J connectivity index is 0. The molecule has 0 fully saturated rings. The van der Waals surface area contributed by atoms with Crippen LogP contribution in [0.15, 0.2) is 12.2 Å². The zero-order valence-corrected chi connectivity index (χ0v) is 9.96. The molecular formula is C11H20O4. The topological polar surface area (TPSA) is 52.6 Å². The summed E-state index contributed by atoms with van der Waals surface area (Å²) in [5.74, 6) is -0.679. The molecule has 0 rings (SSSR count). The molecule has 88 valence electrons. The molecule has 0 aliphatic carbocycles. The highest BCUT2D eigenvalue weighted by molar-refractivity contribution is 5.94. The average Bonchev–Trinajstić information content (AvgIpc) is 2.02. The largest absolute Gasteiger partial charge is 0.463 e. The summed E-state index contributed by atoms with van der Waals surface area (Å²) in [6, 6.07) is 0. The summed E-state index contributed by atoms with van der Waals surface area (Å²) in [7, 11) is 1.51. The van der Waals surface area contributed by atoms with Gasteiger partial charge in [0.15, 0.2) is 0 Å². The molecule has 0 heterocycles. The number of ether oxygens (including phenoxy) is 2. The van der Waals surface area contributed by atoms with Crippen molar-refractivity contribution in [3.05, 3.63) is 12.2 Å². The molecule has 4 heteroatoms. The SMILES string of the molecule is C=C(C)C.COCCOC(=O)CC(C)=O.